The largest absolute Gasteiger partial charge is 0.386 e. The standard InChI is InChI=1S/C20H19ClF2N2O3/c1-2-4-15(19(27)11-5-3-6-13(22)17(11)21)24-20(28)10-7-8-14(23)18-12(10)9-16(26)25-18/h3,5-8,15,19,27H,2,4,9H2,1H3,(H,24,28)(H,25,26)/t15-,19+/m0/s1. The lowest BCUT2D eigenvalue weighted by Crippen LogP contribution is -2.39. The molecule has 0 aromatic heterocycles. The van der Waals surface area contributed by atoms with Crippen molar-refractivity contribution in [2.24, 2.45) is 0 Å². The normalized spacial score (nSPS) is 15.0. The Bertz CT molecular complexity index is 936. The predicted octanol–water partition coefficient (Wildman–Crippen LogP) is 3.74. The summed E-state index contributed by atoms with van der Waals surface area (Å²) < 4.78 is 27.6. The lowest BCUT2D eigenvalue weighted by molar-refractivity contribution is -0.115. The van der Waals surface area contributed by atoms with Crippen molar-refractivity contribution in [1.29, 1.82) is 0 Å². The molecule has 5 nitrogen and oxygen atoms in total. The predicted molar refractivity (Wildman–Crippen MR) is 101 cm³/mol. The van der Waals surface area contributed by atoms with Gasteiger partial charge in [0.2, 0.25) is 5.91 Å². The summed E-state index contributed by atoms with van der Waals surface area (Å²) >= 11 is 5.96. The van der Waals surface area contributed by atoms with Crippen molar-refractivity contribution in [2.45, 2.75) is 38.3 Å². The second-order valence-corrected chi connectivity index (χ2v) is 7.01. The maximum absolute atomic E-state index is 13.9. The lowest BCUT2D eigenvalue weighted by atomic mass is 9.97. The van der Waals surface area contributed by atoms with Gasteiger partial charge < -0.3 is 15.7 Å². The van der Waals surface area contributed by atoms with Crippen LogP contribution in [0.15, 0.2) is 30.3 Å². The van der Waals surface area contributed by atoms with Gasteiger partial charge in [0.25, 0.3) is 5.91 Å². The Morgan fingerprint density at radius 2 is 2.04 bits per heavy atom. The van der Waals surface area contributed by atoms with E-state index in [1.165, 1.54) is 24.3 Å². The number of hydrogen-bond acceptors (Lipinski definition) is 3. The number of rotatable bonds is 6. The molecule has 0 unspecified atom stereocenters. The minimum absolute atomic E-state index is 0.00147. The summed E-state index contributed by atoms with van der Waals surface area (Å²) in [6.07, 6.45) is -0.302. The van der Waals surface area contributed by atoms with E-state index in [9.17, 15) is 23.5 Å². The summed E-state index contributed by atoms with van der Waals surface area (Å²) in [6, 6.07) is 5.75. The first kappa shape index (κ1) is 20.2. The van der Waals surface area contributed by atoms with Gasteiger partial charge in [-0.15, -0.1) is 0 Å². The zero-order chi connectivity index (χ0) is 20.4. The van der Waals surface area contributed by atoms with Crippen molar-refractivity contribution in [1.82, 2.24) is 5.32 Å². The SMILES string of the molecule is CCC[C@H](NC(=O)c1ccc(F)c2c1CC(=O)N2)[C@H](O)c1cccc(F)c1Cl. The molecule has 0 saturated heterocycles. The van der Waals surface area contributed by atoms with Crippen molar-refractivity contribution in [3.05, 3.63) is 63.7 Å². The first-order valence-corrected chi connectivity index (χ1v) is 9.25. The smallest absolute Gasteiger partial charge is 0.251 e. The fraction of sp³-hybridized carbons (Fsp3) is 0.300. The molecule has 1 aliphatic heterocycles. The quantitative estimate of drug-likeness (QED) is 0.681. The molecule has 2 aromatic carbocycles. The molecule has 148 valence electrons. The van der Waals surface area contributed by atoms with Crippen LogP contribution in [0.25, 0.3) is 0 Å². The van der Waals surface area contributed by atoms with Crippen LogP contribution in [0.5, 0.6) is 0 Å². The number of carbonyl (C=O) groups excluding carboxylic acids is 2. The van der Waals surface area contributed by atoms with Crippen LogP contribution in [0.2, 0.25) is 5.02 Å². The number of carbonyl (C=O) groups is 2. The molecule has 0 fully saturated rings. The van der Waals surface area contributed by atoms with Gasteiger partial charge in [-0.05, 0) is 24.6 Å². The first-order valence-electron chi connectivity index (χ1n) is 8.87. The molecule has 8 heteroatoms. The molecule has 2 aromatic rings. The fourth-order valence-electron chi connectivity index (χ4n) is 3.33. The van der Waals surface area contributed by atoms with Crippen LogP contribution in [-0.4, -0.2) is 23.0 Å². The van der Waals surface area contributed by atoms with E-state index in [2.05, 4.69) is 10.6 Å². The fourth-order valence-corrected chi connectivity index (χ4v) is 3.56. The maximum Gasteiger partial charge on any atom is 0.251 e. The number of aliphatic hydroxyl groups is 1. The van der Waals surface area contributed by atoms with Gasteiger partial charge in [-0.2, -0.15) is 0 Å². The van der Waals surface area contributed by atoms with Crippen molar-refractivity contribution in [3.63, 3.8) is 0 Å². The van der Waals surface area contributed by atoms with Gasteiger partial charge in [0.1, 0.15) is 17.7 Å². The molecule has 0 saturated carbocycles. The first-order chi connectivity index (χ1) is 13.3. The monoisotopic (exact) mass is 408 g/mol. The molecule has 0 bridgehead atoms. The topological polar surface area (TPSA) is 78.4 Å². The van der Waals surface area contributed by atoms with E-state index in [-0.39, 0.29) is 33.8 Å². The van der Waals surface area contributed by atoms with Crippen LogP contribution in [0.3, 0.4) is 0 Å². The highest BCUT2D eigenvalue weighted by molar-refractivity contribution is 6.31. The van der Waals surface area contributed by atoms with Crippen LogP contribution in [0.1, 0.15) is 47.4 Å². The average molecular weight is 409 g/mol. The zero-order valence-electron chi connectivity index (χ0n) is 15.1. The Morgan fingerprint density at radius 1 is 1.29 bits per heavy atom. The van der Waals surface area contributed by atoms with Gasteiger partial charge in [-0.3, -0.25) is 9.59 Å². The molecule has 1 aliphatic rings. The highest BCUT2D eigenvalue weighted by Crippen LogP contribution is 2.31. The lowest BCUT2D eigenvalue weighted by Gasteiger charge is -2.25. The summed E-state index contributed by atoms with van der Waals surface area (Å²) in [6.45, 7) is 1.87. The number of benzene rings is 2. The van der Waals surface area contributed by atoms with Crippen molar-refractivity contribution < 1.29 is 23.5 Å². The van der Waals surface area contributed by atoms with Crippen molar-refractivity contribution >= 4 is 29.1 Å². The van der Waals surface area contributed by atoms with E-state index in [0.717, 1.165) is 6.07 Å². The second-order valence-electron chi connectivity index (χ2n) is 6.63. The van der Waals surface area contributed by atoms with Crippen molar-refractivity contribution in [2.75, 3.05) is 5.32 Å². The number of fused-ring (bicyclic) bond motifs is 1. The highest BCUT2D eigenvalue weighted by Gasteiger charge is 2.30. The summed E-state index contributed by atoms with van der Waals surface area (Å²) in [5.41, 5.74) is 0.587. The third-order valence-electron chi connectivity index (χ3n) is 4.71. The van der Waals surface area contributed by atoms with Gasteiger partial charge in [0.05, 0.1) is 23.2 Å². The summed E-state index contributed by atoms with van der Waals surface area (Å²) in [7, 11) is 0. The highest BCUT2D eigenvalue weighted by atomic mass is 35.5. The van der Waals surface area contributed by atoms with Crippen LogP contribution >= 0.6 is 11.6 Å². The summed E-state index contributed by atoms with van der Waals surface area (Å²) in [5.74, 6) is -2.24. The Morgan fingerprint density at radius 3 is 2.75 bits per heavy atom. The molecule has 2 atom stereocenters. The second kappa shape index (κ2) is 8.24. The van der Waals surface area contributed by atoms with Crippen molar-refractivity contribution in [3.8, 4) is 0 Å². The minimum atomic E-state index is -1.24. The third-order valence-corrected chi connectivity index (χ3v) is 5.10. The van der Waals surface area contributed by atoms with Gasteiger partial charge >= 0.3 is 0 Å². The van der Waals surface area contributed by atoms with Crippen LogP contribution < -0.4 is 10.6 Å². The molecular formula is C20H19ClF2N2O3. The molecule has 28 heavy (non-hydrogen) atoms. The molecular weight excluding hydrogens is 390 g/mol. The molecule has 2 amide bonds. The van der Waals surface area contributed by atoms with E-state index < -0.39 is 35.6 Å². The zero-order valence-corrected chi connectivity index (χ0v) is 15.8. The molecule has 0 aliphatic carbocycles. The Kier molecular flexibility index (Phi) is 5.96. The Hall–Kier alpha value is -2.51. The molecule has 0 radical (unpaired) electrons. The van der Waals surface area contributed by atoms with Crippen LogP contribution in [-0.2, 0) is 11.2 Å². The number of aliphatic hydroxyl groups excluding tert-OH is 1. The van der Waals surface area contributed by atoms with Crippen LogP contribution in [0, 0.1) is 11.6 Å². The average Bonchev–Trinajstić information content (AvgIpc) is 3.05. The Balaban J connectivity index is 1.88. The van der Waals surface area contributed by atoms with Gasteiger partial charge in [0.15, 0.2) is 0 Å². The van der Waals surface area contributed by atoms with E-state index in [1.54, 1.807) is 0 Å². The molecule has 1 heterocycles. The number of anilines is 1. The van der Waals surface area contributed by atoms with E-state index in [1.807, 2.05) is 6.92 Å². The summed E-state index contributed by atoms with van der Waals surface area (Å²) in [4.78, 5) is 24.4. The molecule has 0 spiro atoms. The van der Waals surface area contributed by atoms with E-state index >= 15 is 0 Å². The number of nitrogens with one attached hydrogen (secondary N) is 2. The number of halogens is 3. The third kappa shape index (κ3) is 3.86. The van der Waals surface area contributed by atoms with E-state index in [0.29, 0.717) is 12.8 Å². The minimum Gasteiger partial charge on any atom is -0.386 e. The summed E-state index contributed by atoms with van der Waals surface area (Å²) in [5, 5.41) is 15.6. The number of amides is 2. The Labute approximate surface area is 165 Å². The van der Waals surface area contributed by atoms with Gasteiger partial charge in [-0.1, -0.05) is 37.1 Å². The molecule has 3 N–H and O–H groups in total. The van der Waals surface area contributed by atoms with Crippen LogP contribution in [0.4, 0.5) is 14.5 Å². The number of hydrogen-bond donors (Lipinski definition) is 3. The van der Waals surface area contributed by atoms with Gasteiger partial charge in [0, 0.05) is 16.7 Å². The van der Waals surface area contributed by atoms with E-state index in [4.69, 9.17) is 11.6 Å². The maximum atomic E-state index is 13.9. The molecule has 3 rings (SSSR count). The van der Waals surface area contributed by atoms with Gasteiger partial charge in [-0.25, -0.2) is 8.78 Å².